The highest BCUT2D eigenvalue weighted by Gasteiger charge is 2.33. The first kappa shape index (κ1) is 21.6. The van der Waals surface area contributed by atoms with Crippen molar-refractivity contribution in [3.63, 3.8) is 0 Å². The molecule has 0 aliphatic carbocycles. The highest BCUT2D eigenvalue weighted by atomic mass is 35.5. The second kappa shape index (κ2) is 8.93. The minimum Gasteiger partial charge on any atom is -0.494 e. The first-order valence-electron chi connectivity index (χ1n) is 11.0. The van der Waals surface area contributed by atoms with Gasteiger partial charge in [-0.15, -0.1) is 0 Å². The Balaban J connectivity index is 1.39. The van der Waals surface area contributed by atoms with Crippen molar-refractivity contribution in [2.75, 3.05) is 13.3 Å². The second-order valence-corrected chi connectivity index (χ2v) is 8.57. The first-order chi connectivity index (χ1) is 16.0. The molecule has 33 heavy (non-hydrogen) atoms. The van der Waals surface area contributed by atoms with Crippen molar-refractivity contribution in [1.82, 2.24) is 4.90 Å². The molecule has 2 aliphatic heterocycles. The van der Waals surface area contributed by atoms with Crippen LogP contribution >= 0.6 is 11.6 Å². The van der Waals surface area contributed by atoms with Gasteiger partial charge in [0, 0.05) is 29.2 Å². The lowest BCUT2D eigenvalue weighted by atomic mass is 10.00. The van der Waals surface area contributed by atoms with E-state index in [1.807, 2.05) is 68.4 Å². The summed E-state index contributed by atoms with van der Waals surface area (Å²) in [5.74, 6) is 2.36. The molecule has 0 radical (unpaired) electrons. The minimum atomic E-state index is -0.118. The van der Waals surface area contributed by atoms with Crippen molar-refractivity contribution in [3.05, 3.63) is 93.2 Å². The number of Topliss-reactive ketones (excluding diaryl/α,β-unsaturated/α-hetero) is 1. The van der Waals surface area contributed by atoms with Crippen molar-refractivity contribution < 1.29 is 19.0 Å². The van der Waals surface area contributed by atoms with E-state index in [9.17, 15) is 4.79 Å². The Morgan fingerprint density at radius 2 is 1.91 bits per heavy atom. The van der Waals surface area contributed by atoms with Crippen LogP contribution in [-0.2, 0) is 13.1 Å². The summed E-state index contributed by atoms with van der Waals surface area (Å²) >= 11 is 6.33. The van der Waals surface area contributed by atoms with Crippen LogP contribution in [0.15, 0.2) is 60.4 Å². The van der Waals surface area contributed by atoms with Crippen LogP contribution in [0.5, 0.6) is 17.2 Å². The molecule has 0 aromatic heterocycles. The number of nitrogens with zero attached hydrogens (tertiary/aromatic N) is 1. The topological polar surface area (TPSA) is 48.0 Å². The fraction of sp³-hybridized carbons (Fsp3) is 0.222. The third-order valence-corrected chi connectivity index (χ3v) is 6.21. The quantitative estimate of drug-likeness (QED) is 0.435. The highest BCUT2D eigenvalue weighted by Crippen LogP contribution is 2.43. The molecule has 3 aromatic rings. The van der Waals surface area contributed by atoms with Gasteiger partial charge in [-0.2, -0.15) is 0 Å². The Bertz CT molecular complexity index is 1250. The van der Waals surface area contributed by atoms with Gasteiger partial charge in [0.05, 0.1) is 12.2 Å². The first-order valence-corrected chi connectivity index (χ1v) is 11.3. The molecule has 0 N–H and O–H groups in total. The number of hydrogen-bond acceptors (Lipinski definition) is 5. The summed E-state index contributed by atoms with van der Waals surface area (Å²) in [5, 5.41) is 0.737. The Kier molecular flexibility index (Phi) is 5.83. The Morgan fingerprint density at radius 3 is 2.67 bits per heavy atom. The van der Waals surface area contributed by atoms with Gasteiger partial charge >= 0.3 is 0 Å². The molecule has 5 rings (SSSR count). The van der Waals surface area contributed by atoms with Crippen LogP contribution in [0.4, 0.5) is 0 Å². The molecule has 0 atom stereocenters. The van der Waals surface area contributed by atoms with E-state index >= 15 is 0 Å². The molecule has 0 saturated heterocycles. The number of ketones is 1. The van der Waals surface area contributed by atoms with Crippen LogP contribution < -0.4 is 14.2 Å². The molecule has 5 nitrogen and oxygen atoms in total. The van der Waals surface area contributed by atoms with E-state index in [-0.39, 0.29) is 5.78 Å². The summed E-state index contributed by atoms with van der Waals surface area (Å²) in [6, 6.07) is 17.3. The molecule has 0 spiro atoms. The minimum absolute atomic E-state index is 0.118. The van der Waals surface area contributed by atoms with Crippen LogP contribution in [0.3, 0.4) is 0 Å². The Morgan fingerprint density at radius 1 is 1.12 bits per heavy atom. The summed E-state index contributed by atoms with van der Waals surface area (Å²) in [5.41, 5.74) is 4.32. The molecule has 2 aliphatic rings. The van der Waals surface area contributed by atoms with Crippen LogP contribution in [0, 0.1) is 6.92 Å². The second-order valence-electron chi connectivity index (χ2n) is 8.16. The van der Waals surface area contributed by atoms with Crippen LogP contribution in [-0.4, -0.2) is 24.0 Å². The van der Waals surface area contributed by atoms with Crippen LogP contribution in [0.25, 0.3) is 6.08 Å². The van der Waals surface area contributed by atoms with E-state index in [2.05, 4.69) is 4.90 Å². The van der Waals surface area contributed by atoms with Crippen molar-refractivity contribution >= 4 is 23.5 Å². The van der Waals surface area contributed by atoms with Gasteiger partial charge in [-0.3, -0.25) is 9.69 Å². The SMILES string of the molecule is CCOc1ccc(/C=C2\Oc3c(cc4c(c3C)OCN(Cc3ccccc3Cl)C4)C2=O)cc1. The zero-order valence-corrected chi connectivity index (χ0v) is 19.3. The lowest BCUT2D eigenvalue weighted by molar-refractivity contribution is 0.0877. The summed E-state index contributed by atoms with van der Waals surface area (Å²) in [6.07, 6.45) is 1.76. The Labute approximate surface area is 198 Å². The predicted molar refractivity (Wildman–Crippen MR) is 128 cm³/mol. The summed E-state index contributed by atoms with van der Waals surface area (Å²) in [4.78, 5) is 15.3. The van der Waals surface area contributed by atoms with E-state index in [4.69, 9.17) is 25.8 Å². The summed E-state index contributed by atoms with van der Waals surface area (Å²) in [6.45, 7) is 6.27. The molecule has 6 heteroatoms. The number of hydrogen-bond donors (Lipinski definition) is 0. The largest absolute Gasteiger partial charge is 0.494 e. The fourth-order valence-electron chi connectivity index (χ4n) is 4.24. The van der Waals surface area contributed by atoms with Gasteiger partial charge < -0.3 is 14.2 Å². The van der Waals surface area contributed by atoms with E-state index in [0.29, 0.717) is 43.5 Å². The zero-order chi connectivity index (χ0) is 22.9. The van der Waals surface area contributed by atoms with Crippen molar-refractivity contribution in [3.8, 4) is 17.2 Å². The fourth-order valence-corrected chi connectivity index (χ4v) is 4.44. The normalized spacial score (nSPS) is 16.2. The maximum Gasteiger partial charge on any atom is 0.231 e. The molecule has 0 unspecified atom stereocenters. The van der Waals surface area contributed by atoms with Gasteiger partial charge in [0.15, 0.2) is 5.76 Å². The lowest BCUT2D eigenvalue weighted by Gasteiger charge is -2.30. The van der Waals surface area contributed by atoms with Crippen molar-refractivity contribution in [1.29, 1.82) is 0 Å². The molecule has 0 bridgehead atoms. The smallest absolute Gasteiger partial charge is 0.231 e. The standard InChI is InChI=1S/C27H24ClNO4/c1-3-31-21-10-8-18(9-11-21)12-24-25(30)22-13-20-15-29(14-19-6-4-5-7-23(19)28)16-32-26(20)17(2)27(22)33-24/h4-13H,3,14-16H2,1-2H3/b24-12-. The third-order valence-electron chi connectivity index (χ3n) is 5.84. The molecule has 3 aromatic carbocycles. The van der Waals surface area contributed by atoms with E-state index in [1.165, 1.54) is 0 Å². The van der Waals surface area contributed by atoms with Crippen molar-refractivity contribution in [2.24, 2.45) is 0 Å². The number of allylic oxidation sites excluding steroid dienone is 1. The number of carbonyl (C=O) groups excluding carboxylic acids is 1. The molecule has 0 saturated carbocycles. The van der Waals surface area contributed by atoms with Crippen molar-refractivity contribution in [2.45, 2.75) is 26.9 Å². The van der Waals surface area contributed by atoms with Gasteiger partial charge in [0.25, 0.3) is 0 Å². The van der Waals surface area contributed by atoms with Gasteiger partial charge in [0.2, 0.25) is 5.78 Å². The van der Waals surface area contributed by atoms with E-state index in [0.717, 1.165) is 38.8 Å². The maximum atomic E-state index is 13.1. The third kappa shape index (κ3) is 4.22. The summed E-state index contributed by atoms with van der Waals surface area (Å²) in [7, 11) is 0. The number of halogens is 1. The Hall–Kier alpha value is -3.28. The molecular weight excluding hydrogens is 438 g/mol. The summed E-state index contributed by atoms with van der Waals surface area (Å²) < 4.78 is 17.6. The number of ether oxygens (including phenoxy) is 3. The molecular formula is C27H24ClNO4. The highest BCUT2D eigenvalue weighted by molar-refractivity contribution is 6.31. The van der Waals surface area contributed by atoms with Crippen LogP contribution in [0.2, 0.25) is 5.02 Å². The molecule has 168 valence electrons. The van der Waals surface area contributed by atoms with E-state index in [1.54, 1.807) is 6.08 Å². The predicted octanol–water partition coefficient (Wildman–Crippen LogP) is 6.02. The monoisotopic (exact) mass is 461 g/mol. The number of benzene rings is 3. The maximum absolute atomic E-state index is 13.1. The van der Waals surface area contributed by atoms with Gasteiger partial charge in [-0.1, -0.05) is 41.9 Å². The van der Waals surface area contributed by atoms with Gasteiger partial charge in [-0.05, 0) is 55.3 Å². The average molecular weight is 462 g/mol. The molecule has 2 heterocycles. The van der Waals surface area contributed by atoms with E-state index < -0.39 is 0 Å². The van der Waals surface area contributed by atoms with Crippen LogP contribution in [0.1, 0.15) is 39.5 Å². The molecule has 0 fully saturated rings. The zero-order valence-electron chi connectivity index (χ0n) is 18.6. The van der Waals surface area contributed by atoms with Gasteiger partial charge in [-0.25, -0.2) is 0 Å². The lowest BCUT2D eigenvalue weighted by Crippen LogP contribution is -2.32. The number of fused-ring (bicyclic) bond motifs is 2. The number of rotatable bonds is 5. The van der Waals surface area contributed by atoms with Gasteiger partial charge in [0.1, 0.15) is 24.0 Å². The number of carbonyl (C=O) groups is 1. The average Bonchev–Trinajstić information content (AvgIpc) is 3.12. The molecule has 0 amide bonds.